The number of benzene rings is 2. The summed E-state index contributed by atoms with van der Waals surface area (Å²) in [5.74, 6) is 0.492. The number of aliphatic hydroxyl groups is 1. The van der Waals surface area contributed by atoms with E-state index < -0.39 is 12.1 Å². The molecule has 1 heterocycles. The molecule has 0 spiro atoms. The standard InChI is InChI=1S/C22H21NO7/c1-27-22(26)15-4-8-18(9-5-15)29-13-17(24)14-30-19-10-6-16(7-11-19)23-21(25)20-3-2-12-28-20/h2-12,17,24H,13-14H2,1H3,(H,23,25)/t17-/m0/s1. The fourth-order valence-corrected chi connectivity index (χ4v) is 2.47. The second kappa shape index (κ2) is 10.1. The van der Waals surface area contributed by atoms with Crippen molar-refractivity contribution in [3.05, 3.63) is 78.3 Å². The van der Waals surface area contributed by atoms with Gasteiger partial charge in [-0.05, 0) is 60.7 Å². The topological polar surface area (TPSA) is 107 Å². The number of nitrogens with one attached hydrogen (secondary N) is 1. The van der Waals surface area contributed by atoms with Crippen molar-refractivity contribution < 1.29 is 33.3 Å². The number of aliphatic hydroxyl groups excluding tert-OH is 1. The molecule has 0 unspecified atom stereocenters. The Labute approximate surface area is 173 Å². The van der Waals surface area contributed by atoms with E-state index in [0.717, 1.165) is 0 Å². The predicted molar refractivity (Wildman–Crippen MR) is 108 cm³/mol. The summed E-state index contributed by atoms with van der Waals surface area (Å²) in [5, 5.41) is 12.7. The van der Waals surface area contributed by atoms with E-state index in [1.807, 2.05) is 0 Å². The monoisotopic (exact) mass is 411 g/mol. The quantitative estimate of drug-likeness (QED) is 0.521. The minimum Gasteiger partial charge on any atom is -0.491 e. The maximum atomic E-state index is 11.9. The van der Waals surface area contributed by atoms with Gasteiger partial charge < -0.3 is 29.1 Å². The van der Waals surface area contributed by atoms with Crippen LogP contribution in [0.25, 0.3) is 0 Å². The van der Waals surface area contributed by atoms with Gasteiger partial charge >= 0.3 is 5.97 Å². The second-order valence-corrected chi connectivity index (χ2v) is 6.25. The number of rotatable bonds is 9. The normalized spacial score (nSPS) is 11.4. The highest BCUT2D eigenvalue weighted by molar-refractivity contribution is 6.02. The van der Waals surface area contributed by atoms with Gasteiger partial charge in [-0.25, -0.2) is 4.79 Å². The third-order valence-corrected chi connectivity index (χ3v) is 4.02. The molecule has 1 amide bonds. The Balaban J connectivity index is 1.41. The molecular formula is C22H21NO7. The zero-order valence-electron chi connectivity index (χ0n) is 16.2. The molecule has 30 heavy (non-hydrogen) atoms. The summed E-state index contributed by atoms with van der Waals surface area (Å²) in [6, 6.07) is 16.3. The van der Waals surface area contributed by atoms with Gasteiger partial charge in [0.2, 0.25) is 0 Å². The van der Waals surface area contributed by atoms with Gasteiger partial charge in [0.05, 0.1) is 18.9 Å². The van der Waals surface area contributed by atoms with E-state index in [1.54, 1.807) is 60.7 Å². The van der Waals surface area contributed by atoms with Crippen molar-refractivity contribution in [2.75, 3.05) is 25.6 Å². The molecule has 0 saturated carbocycles. The fourth-order valence-electron chi connectivity index (χ4n) is 2.47. The molecule has 2 N–H and O–H groups in total. The molecule has 3 aromatic rings. The summed E-state index contributed by atoms with van der Waals surface area (Å²) in [6.45, 7) is 0.0488. The molecule has 8 heteroatoms. The summed E-state index contributed by atoms with van der Waals surface area (Å²) in [7, 11) is 1.31. The Morgan fingerprint density at radius 3 is 2.10 bits per heavy atom. The van der Waals surface area contributed by atoms with Crippen LogP contribution in [-0.4, -0.2) is 43.4 Å². The Kier molecular flexibility index (Phi) is 7.07. The van der Waals surface area contributed by atoms with E-state index in [0.29, 0.717) is 22.7 Å². The number of hydrogen-bond donors (Lipinski definition) is 2. The van der Waals surface area contributed by atoms with E-state index in [-0.39, 0.29) is 24.9 Å². The molecular weight excluding hydrogens is 390 g/mol. The van der Waals surface area contributed by atoms with E-state index >= 15 is 0 Å². The highest BCUT2D eigenvalue weighted by atomic mass is 16.5. The molecule has 3 rings (SSSR count). The lowest BCUT2D eigenvalue weighted by molar-refractivity contribution is 0.0597. The van der Waals surface area contributed by atoms with Crippen LogP contribution in [0.15, 0.2) is 71.3 Å². The van der Waals surface area contributed by atoms with Crippen molar-refractivity contribution in [1.29, 1.82) is 0 Å². The molecule has 0 radical (unpaired) electrons. The summed E-state index contributed by atoms with van der Waals surface area (Å²) in [6.07, 6.45) is 0.571. The summed E-state index contributed by atoms with van der Waals surface area (Å²) >= 11 is 0. The molecule has 0 fully saturated rings. The van der Waals surface area contributed by atoms with Gasteiger partial charge in [0.1, 0.15) is 30.8 Å². The first kappa shape index (κ1) is 20.9. The molecule has 1 atom stereocenters. The van der Waals surface area contributed by atoms with Crippen LogP contribution in [0, 0.1) is 0 Å². The van der Waals surface area contributed by atoms with Gasteiger partial charge in [-0.1, -0.05) is 0 Å². The Hall–Kier alpha value is -3.78. The number of esters is 1. The average Bonchev–Trinajstić information content (AvgIpc) is 3.32. The molecule has 1 aromatic heterocycles. The maximum absolute atomic E-state index is 11.9. The average molecular weight is 411 g/mol. The van der Waals surface area contributed by atoms with Gasteiger partial charge in [-0.2, -0.15) is 0 Å². The minimum absolute atomic E-state index is 0.0227. The Bertz CT molecular complexity index is 950. The van der Waals surface area contributed by atoms with Gasteiger partial charge in [-0.15, -0.1) is 0 Å². The Morgan fingerprint density at radius 1 is 0.967 bits per heavy atom. The number of anilines is 1. The lowest BCUT2D eigenvalue weighted by atomic mass is 10.2. The number of carbonyl (C=O) groups excluding carboxylic acids is 2. The van der Waals surface area contributed by atoms with E-state index in [4.69, 9.17) is 13.9 Å². The van der Waals surface area contributed by atoms with Gasteiger partial charge in [-0.3, -0.25) is 4.79 Å². The van der Waals surface area contributed by atoms with Gasteiger partial charge in [0.25, 0.3) is 5.91 Å². The van der Waals surface area contributed by atoms with Crippen LogP contribution in [0.2, 0.25) is 0 Å². The van der Waals surface area contributed by atoms with Crippen LogP contribution in [0.4, 0.5) is 5.69 Å². The van der Waals surface area contributed by atoms with Crippen LogP contribution in [0.1, 0.15) is 20.9 Å². The predicted octanol–water partition coefficient (Wildman–Crippen LogP) is 3.14. The number of amides is 1. The van der Waals surface area contributed by atoms with Crippen molar-refractivity contribution in [2.24, 2.45) is 0 Å². The van der Waals surface area contributed by atoms with Crippen LogP contribution >= 0.6 is 0 Å². The smallest absolute Gasteiger partial charge is 0.337 e. The first-order valence-corrected chi connectivity index (χ1v) is 9.12. The molecule has 0 bridgehead atoms. The van der Waals surface area contributed by atoms with Crippen LogP contribution in [-0.2, 0) is 4.74 Å². The molecule has 0 aliphatic carbocycles. The van der Waals surface area contributed by atoms with Gasteiger partial charge in [0, 0.05) is 5.69 Å². The minimum atomic E-state index is -0.858. The SMILES string of the molecule is COC(=O)c1ccc(OC[C@H](O)COc2ccc(NC(=O)c3ccco3)cc2)cc1. The number of furan rings is 1. The largest absolute Gasteiger partial charge is 0.491 e. The zero-order chi connectivity index (χ0) is 21.3. The van der Waals surface area contributed by atoms with E-state index in [9.17, 15) is 14.7 Å². The Morgan fingerprint density at radius 2 is 1.57 bits per heavy atom. The van der Waals surface area contributed by atoms with E-state index in [2.05, 4.69) is 10.1 Å². The van der Waals surface area contributed by atoms with Crippen molar-refractivity contribution in [2.45, 2.75) is 6.10 Å². The molecule has 8 nitrogen and oxygen atoms in total. The fraction of sp³-hybridized carbons (Fsp3) is 0.182. The van der Waals surface area contributed by atoms with Gasteiger partial charge in [0.15, 0.2) is 5.76 Å². The third-order valence-electron chi connectivity index (χ3n) is 4.02. The number of methoxy groups -OCH3 is 1. The highest BCUT2D eigenvalue weighted by Gasteiger charge is 2.10. The molecule has 0 aliphatic heterocycles. The third kappa shape index (κ3) is 5.86. The summed E-state index contributed by atoms with van der Waals surface area (Å²) in [4.78, 5) is 23.3. The van der Waals surface area contributed by atoms with Crippen molar-refractivity contribution in [3.8, 4) is 11.5 Å². The van der Waals surface area contributed by atoms with Crippen molar-refractivity contribution in [1.82, 2.24) is 0 Å². The maximum Gasteiger partial charge on any atom is 0.337 e. The van der Waals surface area contributed by atoms with Crippen molar-refractivity contribution in [3.63, 3.8) is 0 Å². The second-order valence-electron chi connectivity index (χ2n) is 6.25. The van der Waals surface area contributed by atoms with Crippen LogP contribution < -0.4 is 14.8 Å². The molecule has 156 valence electrons. The first-order chi connectivity index (χ1) is 14.5. The van der Waals surface area contributed by atoms with Crippen LogP contribution in [0.3, 0.4) is 0 Å². The first-order valence-electron chi connectivity index (χ1n) is 9.12. The zero-order valence-corrected chi connectivity index (χ0v) is 16.2. The summed E-state index contributed by atoms with van der Waals surface area (Å²) in [5.41, 5.74) is 1.00. The number of carbonyl (C=O) groups is 2. The van der Waals surface area contributed by atoms with Crippen molar-refractivity contribution >= 4 is 17.6 Å². The highest BCUT2D eigenvalue weighted by Crippen LogP contribution is 2.17. The number of hydrogen-bond acceptors (Lipinski definition) is 7. The molecule has 0 aliphatic rings. The number of ether oxygens (including phenoxy) is 3. The van der Waals surface area contributed by atoms with E-state index in [1.165, 1.54) is 13.4 Å². The molecule has 0 saturated heterocycles. The molecule has 2 aromatic carbocycles. The lowest BCUT2D eigenvalue weighted by Crippen LogP contribution is -2.25. The summed E-state index contributed by atoms with van der Waals surface area (Å²) < 4.78 is 20.7. The van der Waals surface area contributed by atoms with Crippen LogP contribution in [0.5, 0.6) is 11.5 Å². The lowest BCUT2D eigenvalue weighted by Gasteiger charge is -2.14.